The molecule has 2 aromatic rings. The van der Waals surface area contributed by atoms with Crippen LogP contribution >= 0.6 is 11.6 Å². The molecule has 0 saturated heterocycles. The van der Waals surface area contributed by atoms with Crippen LogP contribution in [0.15, 0.2) is 36.4 Å². The fourth-order valence-electron chi connectivity index (χ4n) is 1.94. The van der Waals surface area contributed by atoms with Crippen molar-refractivity contribution in [3.8, 4) is 11.5 Å². The highest BCUT2D eigenvalue weighted by Gasteiger charge is 2.20. The van der Waals surface area contributed by atoms with Gasteiger partial charge in [0.1, 0.15) is 17.2 Å². The first kappa shape index (κ1) is 16.6. The average Bonchev–Trinajstić information content (AvgIpc) is 2.54. The first-order valence-electron chi connectivity index (χ1n) is 6.43. The Hall–Kier alpha value is -2.80. The van der Waals surface area contributed by atoms with Gasteiger partial charge in [0.05, 0.1) is 30.8 Å². The normalized spacial score (nSPS) is 10.0. The third-order valence-electron chi connectivity index (χ3n) is 3.06. The van der Waals surface area contributed by atoms with E-state index in [-0.39, 0.29) is 16.9 Å². The van der Waals surface area contributed by atoms with Gasteiger partial charge in [0.15, 0.2) is 0 Å². The Balaban J connectivity index is 2.37. The monoisotopic (exact) mass is 336 g/mol. The number of carbonyl (C=O) groups is 1. The number of hydrogen-bond acceptors (Lipinski definition) is 5. The van der Waals surface area contributed by atoms with Crippen LogP contribution in [0, 0.1) is 10.1 Å². The van der Waals surface area contributed by atoms with E-state index >= 15 is 0 Å². The Morgan fingerprint density at radius 3 is 2.52 bits per heavy atom. The van der Waals surface area contributed by atoms with Gasteiger partial charge < -0.3 is 14.8 Å². The van der Waals surface area contributed by atoms with Crippen molar-refractivity contribution in [1.29, 1.82) is 0 Å². The van der Waals surface area contributed by atoms with E-state index in [1.807, 2.05) is 0 Å². The first-order chi connectivity index (χ1) is 11.0. The van der Waals surface area contributed by atoms with Crippen molar-refractivity contribution in [2.45, 2.75) is 0 Å². The molecule has 7 nitrogen and oxygen atoms in total. The number of carbonyl (C=O) groups excluding carboxylic acids is 1. The lowest BCUT2D eigenvalue weighted by Gasteiger charge is -2.10. The number of nitro groups is 1. The predicted molar refractivity (Wildman–Crippen MR) is 85.6 cm³/mol. The van der Waals surface area contributed by atoms with Crippen molar-refractivity contribution >= 4 is 28.9 Å². The summed E-state index contributed by atoms with van der Waals surface area (Å²) in [6, 6.07) is 8.67. The Morgan fingerprint density at radius 1 is 1.17 bits per heavy atom. The molecule has 0 unspecified atom stereocenters. The molecule has 2 aromatic carbocycles. The number of nitro benzene ring substituents is 1. The minimum atomic E-state index is -0.604. The van der Waals surface area contributed by atoms with Crippen LogP contribution in [0.2, 0.25) is 5.02 Å². The van der Waals surface area contributed by atoms with Crippen molar-refractivity contribution in [2.75, 3.05) is 19.5 Å². The fraction of sp³-hybridized carbons (Fsp3) is 0.133. The van der Waals surface area contributed by atoms with Crippen LogP contribution in [0.4, 0.5) is 11.4 Å². The average molecular weight is 337 g/mol. The Bertz CT molecular complexity index is 764. The second kappa shape index (κ2) is 6.97. The van der Waals surface area contributed by atoms with Crippen LogP contribution < -0.4 is 14.8 Å². The zero-order valence-electron chi connectivity index (χ0n) is 12.3. The van der Waals surface area contributed by atoms with Gasteiger partial charge in [0, 0.05) is 5.02 Å². The highest BCUT2D eigenvalue weighted by Crippen LogP contribution is 2.30. The van der Waals surface area contributed by atoms with Crippen molar-refractivity contribution in [3.63, 3.8) is 0 Å². The van der Waals surface area contributed by atoms with Crippen molar-refractivity contribution in [3.05, 3.63) is 57.1 Å². The maximum absolute atomic E-state index is 12.4. The number of amides is 1. The summed E-state index contributed by atoms with van der Waals surface area (Å²) < 4.78 is 10.0. The molecule has 1 amide bonds. The third-order valence-corrected chi connectivity index (χ3v) is 3.29. The molecule has 0 fully saturated rings. The smallest absolute Gasteiger partial charge is 0.296 e. The summed E-state index contributed by atoms with van der Waals surface area (Å²) in [6.07, 6.45) is 0. The largest absolute Gasteiger partial charge is 0.496 e. The lowest BCUT2D eigenvalue weighted by molar-refractivity contribution is -0.384. The number of anilines is 1. The van der Waals surface area contributed by atoms with Gasteiger partial charge in [-0.15, -0.1) is 0 Å². The molecule has 2 rings (SSSR count). The molecular formula is C15H13ClN2O5. The third kappa shape index (κ3) is 3.70. The molecule has 0 aromatic heterocycles. The van der Waals surface area contributed by atoms with Gasteiger partial charge in [0.25, 0.3) is 11.6 Å². The predicted octanol–water partition coefficient (Wildman–Crippen LogP) is 3.52. The fourth-order valence-corrected chi connectivity index (χ4v) is 2.11. The van der Waals surface area contributed by atoms with E-state index in [9.17, 15) is 14.9 Å². The number of nitrogens with zero attached hydrogens (tertiary/aromatic N) is 1. The van der Waals surface area contributed by atoms with E-state index in [1.54, 1.807) is 12.1 Å². The molecule has 0 aliphatic rings. The number of rotatable bonds is 5. The van der Waals surface area contributed by atoms with Crippen molar-refractivity contribution in [1.82, 2.24) is 0 Å². The van der Waals surface area contributed by atoms with Gasteiger partial charge in [-0.25, -0.2) is 0 Å². The summed E-state index contributed by atoms with van der Waals surface area (Å²) in [6.45, 7) is 0. The number of nitrogens with one attached hydrogen (secondary N) is 1. The van der Waals surface area contributed by atoms with E-state index in [2.05, 4.69) is 5.32 Å². The molecule has 23 heavy (non-hydrogen) atoms. The number of benzene rings is 2. The zero-order valence-corrected chi connectivity index (χ0v) is 13.1. The van der Waals surface area contributed by atoms with Crippen LogP contribution in [0.3, 0.4) is 0 Å². The van der Waals surface area contributed by atoms with Crippen LogP contribution in [0.1, 0.15) is 10.4 Å². The van der Waals surface area contributed by atoms with E-state index in [0.29, 0.717) is 16.5 Å². The van der Waals surface area contributed by atoms with Crippen LogP contribution in [-0.2, 0) is 0 Å². The Morgan fingerprint density at radius 2 is 1.91 bits per heavy atom. The maximum atomic E-state index is 12.4. The van der Waals surface area contributed by atoms with Gasteiger partial charge in [-0.05, 0) is 30.3 Å². The zero-order chi connectivity index (χ0) is 17.0. The molecule has 0 aliphatic carbocycles. The molecule has 0 radical (unpaired) electrons. The van der Waals surface area contributed by atoms with Gasteiger partial charge in [0.2, 0.25) is 0 Å². The number of hydrogen-bond donors (Lipinski definition) is 1. The molecule has 1 N–H and O–H groups in total. The summed E-state index contributed by atoms with van der Waals surface area (Å²) in [5.41, 5.74) is -0.0633. The molecule has 120 valence electrons. The first-order valence-corrected chi connectivity index (χ1v) is 6.81. The van der Waals surface area contributed by atoms with E-state index in [0.717, 1.165) is 0 Å². The lowest BCUT2D eigenvalue weighted by Crippen LogP contribution is -2.14. The molecule has 0 heterocycles. The van der Waals surface area contributed by atoms with Crippen LogP contribution in [0.5, 0.6) is 11.5 Å². The second-order valence-electron chi connectivity index (χ2n) is 4.44. The SMILES string of the molecule is COc1ccc(NC(=O)c2cc(Cl)ccc2OC)c([N+](=O)[O-])c1. The number of methoxy groups -OCH3 is 2. The minimum absolute atomic E-state index is 0.0443. The molecule has 0 bridgehead atoms. The van der Waals surface area contributed by atoms with Gasteiger partial charge >= 0.3 is 0 Å². The summed E-state index contributed by atoms with van der Waals surface area (Å²) in [4.78, 5) is 22.9. The standard InChI is InChI=1S/C15H13ClN2O5/c1-22-10-4-5-12(13(8-10)18(20)21)17-15(19)11-7-9(16)3-6-14(11)23-2/h3-8H,1-2H3,(H,17,19). The van der Waals surface area contributed by atoms with Gasteiger partial charge in [-0.3, -0.25) is 14.9 Å². The van der Waals surface area contributed by atoms with E-state index < -0.39 is 10.8 Å². The highest BCUT2D eigenvalue weighted by molar-refractivity contribution is 6.31. The molecule has 0 spiro atoms. The Labute approximate surface area is 136 Å². The Kier molecular flexibility index (Phi) is 5.02. The van der Waals surface area contributed by atoms with Crippen LogP contribution in [-0.4, -0.2) is 25.1 Å². The van der Waals surface area contributed by atoms with E-state index in [1.165, 1.54) is 38.5 Å². The lowest BCUT2D eigenvalue weighted by atomic mass is 10.1. The van der Waals surface area contributed by atoms with Crippen molar-refractivity contribution < 1.29 is 19.2 Å². The maximum Gasteiger partial charge on any atom is 0.296 e. The van der Waals surface area contributed by atoms with Gasteiger partial charge in [-0.1, -0.05) is 11.6 Å². The number of ether oxygens (including phenoxy) is 2. The molecule has 8 heteroatoms. The van der Waals surface area contributed by atoms with E-state index in [4.69, 9.17) is 21.1 Å². The molecule has 0 aliphatic heterocycles. The minimum Gasteiger partial charge on any atom is -0.496 e. The molecular weight excluding hydrogens is 324 g/mol. The second-order valence-corrected chi connectivity index (χ2v) is 4.88. The summed E-state index contributed by atoms with van der Waals surface area (Å²) in [5.74, 6) is 0.0516. The summed E-state index contributed by atoms with van der Waals surface area (Å²) in [5, 5.41) is 14.0. The van der Waals surface area contributed by atoms with Crippen LogP contribution in [0.25, 0.3) is 0 Å². The molecule has 0 atom stereocenters. The van der Waals surface area contributed by atoms with Crippen molar-refractivity contribution in [2.24, 2.45) is 0 Å². The number of halogens is 1. The van der Waals surface area contributed by atoms with Gasteiger partial charge in [-0.2, -0.15) is 0 Å². The molecule has 0 saturated carbocycles. The topological polar surface area (TPSA) is 90.7 Å². The summed E-state index contributed by atoms with van der Waals surface area (Å²) >= 11 is 5.88. The quantitative estimate of drug-likeness (QED) is 0.666. The highest BCUT2D eigenvalue weighted by atomic mass is 35.5. The summed E-state index contributed by atoms with van der Waals surface area (Å²) in [7, 11) is 2.81.